The topological polar surface area (TPSA) is 171 Å². The average molecular weight is 890 g/mol. The van der Waals surface area contributed by atoms with Crippen molar-refractivity contribution in [2.75, 3.05) is 26.4 Å². The Labute approximate surface area is 369 Å². The van der Waals surface area contributed by atoms with Gasteiger partial charge in [0, 0.05) is 30.6 Å². The van der Waals surface area contributed by atoms with Crippen LogP contribution in [0.3, 0.4) is 0 Å². The summed E-state index contributed by atoms with van der Waals surface area (Å²) in [6.07, 6.45) is 10.7. The maximum absolute atomic E-state index is 13.6. The van der Waals surface area contributed by atoms with Crippen molar-refractivity contribution in [2.45, 2.75) is 106 Å². The highest BCUT2D eigenvalue weighted by Gasteiger charge is 2.35. The highest BCUT2D eigenvalue weighted by Crippen LogP contribution is 2.59. The number of unbranched alkanes of at least 4 members (excludes halogenated alkanes) is 3. The molecule has 0 aromatic heterocycles. The Morgan fingerprint density at radius 3 is 1.89 bits per heavy atom. The number of thioether (sulfide) groups is 2. The van der Waals surface area contributed by atoms with E-state index in [0.29, 0.717) is 71.5 Å². The van der Waals surface area contributed by atoms with Gasteiger partial charge in [-0.25, -0.2) is 14.4 Å². The maximum atomic E-state index is 13.6. The third-order valence-electron chi connectivity index (χ3n) is 10.4. The molecule has 2 aromatic carbocycles. The molecule has 0 bridgehead atoms. The van der Waals surface area contributed by atoms with E-state index >= 15 is 0 Å². The minimum Gasteiger partial charge on any atom is -0.467 e. The molecule has 2 saturated carbocycles. The molecule has 0 spiro atoms. The number of ether oxygens (including phenoxy) is 7. The SMILES string of the molecule is [C-]#[N+]C(C(=O)OCCOC(=O)C=C)=C1Sc2c(OC(=O)C3CCC(OC(=O)C4CCC(OCCCCCCOC(=O)C=C)CC4)CC3)ccc(-c3ccc(OC(C)=O)cc3)c2S1. The number of nitrogens with zero attached hydrogens (tertiary/aromatic N) is 1. The van der Waals surface area contributed by atoms with Gasteiger partial charge in [-0.05, 0) is 106 Å². The first kappa shape index (κ1) is 47.7. The van der Waals surface area contributed by atoms with Gasteiger partial charge in [-0.2, -0.15) is 0 Å². The number of hydrogen-bond acceptors (Lipinski definition) is 15. The van der Waals surface area contributed by atoms with Gasteiger partial charge in [0.05, 0.1) is 40.3 Å². The Bertz CT molecular complexity index is 2040. The molecule has 2 aromatic rings. The van der Waals surface area contributed by atoms with E-state index in [-0.39, 0.29) is 48.8 Å². The fourth-order valence-corrected chi connectivity index (χ4v) is 9.81. The van der Waals surface area contributed by atoms with E-state index in [9.17, 15) is 28.8 Å². The highest BCUT2D eigenvalue weighted by molar-refractivity contribution is 8.24. The van der Waals surface area contributed by atoms with Crippen LogP contribution in [0.1, 0.15) is 84.0 Å². The predicted octanol–water partition coefficient (Wildman–Crippen LogP) is 8.71. The minimum atomic E-state index is -0.899. The fourth-order valence-electron chi connectivity index (χ4n) is 7.17. The van der Waals surface area contributed by atoms with Crippen LogP contribution in [0.4, 0.5) is 0 Å². The van der Waals surface area contributed by atoms with Crippen molar-refractivity contribution in [1.29, 1.82) is 0 Å². The molecule has 0 unspecified atom stereocenters. The highest BCUT2D eigenvalue weighted by atomic mass is 32.2. The second-order valence-electron chi connectivity index (χ2n) is 14.8. The van der Waals surface area contributed by atoms with Crippen LogP contribution in [-0.2, 0) is 52.5 Å². The normalized spacial score (nSPS) is 20.0. The Kier molecular flexibility index (Phi) is 18.7. The predicted molar refractivity (Wildman–Crippen MR) is 229 cm³/mol. The van der Waals surface area contributed by atoms with Gasteiger partial charge in [0.1, 0.15) is 30.8 Å². The summed E-state index contributed by atoms with van der Waals surface area (Å²) >= 11 is 2.28. The zero-order chi connectivity index (χ0) is 44.4. The molecule has 0 saturated heterocycles. The van der Waals surface area contributed by atoms with E-state index in [1.54, 1.807) is 36.4 Å². The first-order valence-electron chi connectivity index (χ1n) is 20.7. The summed E-state index contributed by atoms with van der Waals surface area (Å²) in [5.74, 6) is -3.01. The van der Waals surface area contributed by atoms with Gasteiger partial charge >= 0.3 is 35.8 Å². The van der Waals surface area contributed by atoms with E-state index in [4.69, 9.17) is 39.7 Å². The van der Waals surface area contributed by atoms with Crippen LogP contribution in [0.15, 0.2) is 81.4 Å². The second kappa shape index (κ2) is 24.3. The number of carbonyl (C=O) groups is 6. The molecule has 0 atom stereocenters. The zero-order valence-electron chi connectivity index (χ0n) is 34.7. The number of carbonyl (C=O) groups excluding carboxylic acids is 6. The lowest BCUT2D eigenvalue weighted by Crippen LogP contribution is -2.33. The third-order valence-corrected chi connectivity index (χ3v) is 13.1. The average Bonchev–Trinajstić information content (AvgIpc) is 3.72. The number of hydrogen-bond donors (Lipinski definition) is 0. The zero-order valence-corrected chi connectivity index (χ0v) is 36.4. The van der Waals surface area contributed by atoms with Crippen LogP contribution < -0.4 is 9.47 Å². The van der Waals surface area contributed by atoms with Gasteiger partial charge in [0.2, 0.25) is 0 Å². The number of esters is 6. The van der Waals surface area contributed by atoms with Crippen molar-refractivity contribution < 1.29 is 61.9 Å². The van der Waals surface area contributed by atoms with Crippen molar-refractivity contribution in [3.63, 3.8) is 0 Å². The lowest BCUT2D eigenvalue weighted by atomic mass is 9.86. The molecule has 2 aliphatic carbocycles. The van der Waals surface area contributed by atoms with Gasteiger partial charge < -0.3 is 33.2 Å². The minimum absolute atomic E-state index is 0.129. The number of benzene rings is 2. The van der Waals surface area contributed by atoms with Crippen LogP contribution in [0.5, 0.6) is 11.5 Å². The third kappa shape index (κ3) is 14.1. The monoisotopic (exact) mass is 889 g/mol. The maximum Gasteiger partial charge on any atom is 0.338 e. The van der Waals surface area contributed by atoms with Crippen LogP contribution >= 0.6 is 23.5 Å². The molecule has 0 N–H and O–H groups in total. The van der Waals surface area contributed by atoms with Crippen LogP contribution in [0.25, 0.3) is 16.0 Å². The fraction of sp³-hybridized carbons (Fsp3) is 0.457. The summed E-state index contributed by atoms with van der Waals surface area (Å²) < 4.78 is 38.6. The standard InChI is InChI=1S/C46H51NO13S2/c1-5-38(49)55-26-10-8-7-9-25-54-33-17-13-31(14-18-33)43(51)59-35-21-15-32(16-22-35)44(52)60-37-24-23-36(30-11-19-34(20-12-30)58-29(3)48)41-42(37)62-46(61-41)40(47-4)45(53)57-28-27-56-39(50)6-2/h5-6,11-12,19-20,23-24,31-33,35H,1-2,7-10,13-18,21-22,25-28H2,3H3. The van der Waals surface area contributed by atoms with Gasteiger partial charge in [0.15, 0.2) is 0 Å². The summed E-state index contributed by atoms with van der Waals surface area (Å²) in [4.78, 5) is 78.4. The summed E-state index contributed by atoms with van der Waals surface area (Å²) in [6.45, 7) is 16.4. The van der Waals surface area contributed by atoms with E-state index in [1.165, 1.54) is 18.7 Å². The molecule has 330 valence electrons. The Morgan fingerprint density at radius 1 is 0.677 bits per heavy atom. The number of rotatable bonds is 20. The summed E-state index contributed by atoms with van der Waals surface area (Å²) in [5, 5.41) is 0. The van der Waals surface area contributed by atoms with Gasteiger partial charge in [-0.1, -0.05) is 55.2 Å². The van der Waals surface area contributed by atoms with Crippen LogP contribution in [0.2, 0.25) is 0 Å². The number of fused-ring (bicyclic) bond motifs is 1. The first-order chi connectivity index (χ1) is 30.0. The van der Waals surface area contributed by atoms with Crippen LogP contribution in [0, 0.1) is 18.4 Å². The molecule has 3 aliphatic rings. The van der Waals surface area contributed by atoms with Crippen molar-refractivity contribution >= 4 is 59.3 Å². The van der Waals surface area contributed by atoms with Crippen LogP contribution in [-0.4, -0.2) is 74.5 Å². The molecule has 1 aliphatic heterocycles. The molecular weight excluding hydrogens is 839 g/mol. The van der Waals surface area contributed by atoms with Crippen molar-refractivity contribution in [2.24, 2.45) is 11.8 Å². The van der Waals surface area contributed by atoms with Gasteiger partial charge in [-0.3, -0.25) is 19.2 Å². The van der Waals surface area contributed by atoms with Crippen molar-refractivity contribution in [3.05, 3.63) is 83.1 Å². The lowest BCUT2D eigenvalue weighted by Gasteiger charge is -2.31. The summed E-state index contributed by atoms with van der Waals surface area (Å²) in [6, 6.07) is 10.3. The Hall–Kier alpha value is -5.37. The molecule has 0 amide bonds. The van der Waals surface area contributed by atoms with Gasteiger partial charge in [0.25, 0.3) is 5.70 Å². The van der Waals surface area contributed by atoms with E-state index < -0.39 is 35.8 Å². The van der Waals surface area contributed by atoms with Crippen molar-refractivity contribution in [3.8, 4) is 22.6 Å². The molecule has 16 heteroatoms. The molecule has 2 fully saturated rings. The molecule has 14 nitrogen and oxygen atoms in total. The lowest BCUT2D eigenvalue weighted by molar-refractivity contribution is -0.159. The van der Waals surface area contributed by atoms with Crippen molar-refractivity contribution in [1.82, 2.24) is 0 Å². The Balaban J connectivity index is 1.13. The molecule has 0 radical (unpaired) electrons. The largest absolute Gasteiger partial charge is 0.467 e. The smallest absolute Gasteiger partial charge is 0.338 e. The van der Waals surface area contributed by atoms with E-state index in [1.807, 2.05) is 0 Å². The first-order valence-corrected chi connectivity index (χ1v) is 22.3. The molecule has 1 heterocycles. The summed E-state index contributed by atoms with van der Waals surface area (Å²) in [7, 11) is 0. The second-order valence-corrected chi connectivity index (χ2v) is 17.1. The molecular formula is C46H51NO13S2. The van der Waals surface area contributed by atoms with E-state index in [0.717, 1.165) is 73.6 Å². The Morgan fingerprint density at radius 2 is 1.26 bits per heavy atom. The molecule has 5 rings (SSSR count). The quantitative estimate of drug-likeness (QED) is 0.0308. The van der Waals surface area contributed by atoms with Gasteiger partial charge in [-0.15, -0.1) is 0 Å². The van der Waals surface area contributed by atoms with E-state index in [2.05, 4.69) is 18.0 Å². The molecule has 62 heavy (non-hydrogen) atoms. The summed E-state index contributed by atoms with van der Waals surface area (Å²) in [5.41, 5.74) is 1.20.